The van der Waals surface area contributed by atoms with Crippen LogP contribution in [0.15, 0.2) is 71.7 Å². The Morgan fingerprint density at radius 1 is 0.815 bits per heavy atom. The number of thiocarbonyl (C=S) groups is 1. The van der Waals surface area contributed by atoms with Gasteiger partial charge in [-0.25, -0.2) is 0 Å². The Kier molecular flexibility index (Phi) is 6.70. The Hall–Kier alpha value is -2.54. The zero-order valence-corrected chi connectivity index (χ0v) is 16.9. The van der Waals surface area contributed by atoms with Gasteiger partial charge in [-0.1, -0.05) is 74.4 Å². The smallest absolute Gasteiger partial charge is 0.0742 e. The number of hydrogen-bond acceptors (Lipinski definition) is 2. The SMILES string of the molecule is CCCCCc1ccc(-c2ccc(-c3ccc(N=C=S)cc3C)cc2)cc1. The van der Waals surface area contributed by atoms with Crippen LogP contribution in [0.2, 0.25) is 0 Å². The summed E-state index contributed by atoms with van der Waals surface area (Å²) >= 11 is 4.68. The number of nitrogens with zero attached hydrogens (tertiary/aromatic N) is 1. The molecule has 0 fully saturated rings. The summed E-state index contributed by atoms with van der Waals surface area (Å²) in [5, 5.41) is 2.42. The largest absolute Gasteiger partial charge is 0.195 e. The Morgan fingerprint density at radius 3 is 2.04 bits per heavy atom. The van der Waals surface area contributed by atoms with Crippen molar-refractivity contribution in [1.82, 2.24) is 0 Å². The maximum atomic E-state index is 4.68. The van der Waals surface area contributed by atoms with E-state index in [2.05, 4.69) is 90.8 Å². The quantitative estimate of drug-likeness (QED) is 0.234. The van der Waals surface area contributed by atoms with Gasteiger partial charge in [0, 0.05) is 0 Å². The summed E-state index contributed by atoms with van der Waals surface area (Å²) in [6.07, 6.45) is 5.03. The number of isothiocyanates is 1. The fourth-order valence-corrected chi connectivity index (χ4v) is 3.48. The summed E-state index contributed by atoms with van der Waals surface area (Å²) < 4.78 is 0. The van der Waals surface area contributed by atoms with Crippen molar-refractivity contribution in [1.29, 1.82) is 0 Å². The van der Waals surface area contributed by atoms with E-state index in [1.165, 1.54) is 59.1 Å². The monoisotopic (exact) mass is 371 g/mol. The van der Waals surface area contributed by atoms with Gasteiger partial charge < -0.3 is 0 Å². The van der Waals surface area contributed by atoms with Crippen LogP contribution in [-0.4, -0.2) is 5.16 Å². The molecule has 0 N–H and O–H groups in total. The summed E-state index contributed by atoms with van der Waals surface area (Å²) in [5.41, 5.74) is 8.41. The first-order valence-corrected chi connectivity index (χ1v) is 10.0. The highest BCUT2D eigenvalue weighted by atomic mass is 32.1. The minimum absolute atomic E-state index is 0.849. The van der Waals surface area contributed by atoms with E-state index in [1.807, 2.05) is 12.1 Å². The number of hydrogen-bond donors (Lipinski definition) is 0. The number of aryl methyl sites for hydroxylation is 2. The fourth-order valence-electron chi connectivity index (χ4n) is 3.38. The molecule has 0 heterocycles. The van der Waals surface area contributed by atoms with Gasteiger partial charge in [0.15, 0.2) is 0 Å². The molecule has 1 nitrogen and oxygen atoms in total. The summed E-state index contributed by atoms with van der Waals surface area (Å²) in [4.78, 5) is 4.05. The van der Waals surface area contributed by atoms with Crippen LogP contribution in [-0.2, 0) is 6.42 Å². The lowest BCUT2D eigenvalue weighted by Crippen LogP contribution is -1.87. The van der Waals surface area contributed by atoms with Crippen LogP contribution >= 0.6 is 12.2 Å². The first-order chi connectivity index (χ1) is 13.2. The summed E-state index contributed by atoms with van der Waals surface area (Å²) in [5.74, 6) is 0. The van der Waals surface area contributed by atoms with Crippen molar-refractivity contribution in [3.05, 3.63) is 77.9 Å². The van der Waals surface area contributed by atoms with Gasteiger partial charge in [0.1, 0.15) is 0 Å². The van der Waals surface area contributed by atoms with Crippen LogP contribution in [0.1, 0.15) is 37.3 Å². The first kappa shape index (κ1) is 19.2. The predicted molar refractivity (Wildman–Crippen MR) is 120 cm³/mol. The molecule has 27 heavy (non-hydrogen) atoms. The molecule has 3 aromatic rings. The lowest BCUT2D eigenvalue weighted by atomic mass is 9.96. The highest BCUT2D eigenvalue weighted by molar-refractivity contribution is 7.78. The molecule has 0 bridgehead atoms. The summed E-state index contributed by atoms with van der Waals surface area (Å²) in [6.45, 7) is 4.35. The van der Waals surface area contributed by atoms with Crippen LogP contribution < -0.4 is 0 Å². The van der Waals surface area contributed by atoms with Crippen LogP contribution in [0.5, 0.6) is 0 Å². The predicted octanol–water partition coefficient (Wildman–Crippen LogP) is 7.80. The summed E-state index contributed by atoms with van der Waals surface area (Å²) in [7, 11) is 0. The Labute approximate surface area is 167 Å². The van der Waals surface area contributed by atoms with Crippen molar-refractivity contribution in [2.24, 2.45) is 4.99 Å². The zero-order valence-electron chi connectivity index (χ0n) is 16.0. The standard InChI is InChI=1S/C25H25NS/c1-3-4-5-6-20-7-9-21(10-8-20)22-11-13-23(14-12-22)25-16-15-24(26-18-27)17-19(25)2/h7-17H,3-6H2,1-2H3. The molecule has 0 unspecified atom stereocenters. The maximum Gasteiger partial charge on any atom is 0.0742 e. The topological polar surface area (TPSA) is 12.4 Å². The molecule has 0 amide bonds. The van der Waals surface area contributed by atoms with E-state index >= 15 is 0 Å². The van der Waals surface area contributed by atoms with Crippen molar-refractivity contribution in [2.75, 3.05) is 0 Å². The van der Waals surface area contributed by atoms with Crippen molar-refractivity contribution in [3.8, 4) is 22.3 Å². The van der Waals surface area contributed by atoms with Crippen LogP contribution in [0.25, 0.3) is 22.3 Å². The van der Waals surface area contributed by atoms with Crippen molar-refractivity contribution in [2.45, 2.75) is 39.5 Å². The number of aliphatic imine (C=N–C) groups is 1. The van der Waals surface area contributed by atoms with Gasteiger partial charge in [-0.2, -0.15) is 4.99 Å². The molecule has 0 aliphatic rings. The fraction of sp³-hybridized carbons (Fsp3) is 0.240. The highest BCUT2D eigenvalue weighted by Gasteiger charge is 2.04. The molecule has 0 spiro atoms. The second kappa shape index (κ2) is 9.41. The Morgan fingerprint density at radius 2 is 1.44 bits per heavy atom. The second-order valence-electron chi connectivity index (χ2n) is 6.93. The molecule has 136 valence electrons. The average molecular weight is 372 g/mol. The number of benzene rings is 3. The highest BCUT2D eigenvalue weighted by Crippen LogP contribution is 2.29. The Bertz CT molecular complexity index is 933. The Balaban J connectivity index is 1.76. The molecule has 0 aromatic heterocycles. The zero-order chi connectivity index (χ0) is 19.1. The number of unbranched alkanes of at least 4 members (excludes halogenated alkanes) is 2. The third kappa shape index (κ3) is 5.01. The summed E-state index contributed by atoms with van der Waals surface area (Å²) in [6, 6.07) is 23.9. The van der Waals surface area contributed by atoms with Gasteiger partial charge >= 0.3 is 0 Å². The molecule has 3 aromatic carbocycles. The third-order valence-electron chi connectivity index (χ3n) is 4.94. The van der Waals surface area contributed by atoms with Gasteiger partial charge in [-0.3, -0.25) is 0 Å². The molecule has 2 heteroatoms. The van der Waals surface area contributed by atoms with Crippen LogP contribution in [0.4, 0.5) is 5.69 Å². The lowest BCUT2D eigenvalue weighted by molar-refractivity contribution is 0.717. The first-order valence-electron chi connectivity index (χ1n) is 9.59. The van der Waals surface area contributed by atoms with Crippen LogP contribution in [0, 0.1) is 6.92 Å². The molecule has 0 saturated heterocycles. The lowest BCUT2D eigenvalue weighted by Gasteiger charge is -2.09. The van der Waals surface area contributed by atoms with Crippen molar-refractivity contribution >= 4 is 23.1 Å². The molecule has 0 aliphatic carbocycles. The molecule has 0 atom stereocenters. The normalized spacial score (nSPS) is 10.4. The van der Waals surface area contributed by atoms with E-state index in [4.69, 9.17) is 0 Å². The number of rotatable bonds is 7. The molecular formula is C25H25NS. The van der Waals surface area contributed by atoms with Gasteiger partial charge in [-0.15, -0.1) is 0 Å². The molecule has 0 radical (unpaired) electrons. The van der Waals surface area contributed by atoms with Gasteiger partial charge in [0.2, 0.25) is 0 Å². The van der Waals surface area contributed by atoms with Crippen LogP contribution in [0.3, 0.4) is 0 Å². The van der Waals surface area contributed by atoms with E-state index in [0.717, 1.165) is 5.69 Å². The van der Waals surface area contributed by atoms with E-state index in [0.29, 0.717) is 0 Å². The van der Waals surface area contributed by atoms with Gasteiger partial charge in [0.05, 0.1) is 10.8 Å². The maximum absolute atomic E-state index is 4.68. The van der Waals surface area contributed by atoms with E-state index in [-0.39, 0.29) is 0 Å². The third-order valence-corrected chi connectivity index (χ3v) is 5.03. The molecule has 0 saturated carbocycles. The van der Waals surface area contributed by atoms with E-state index in [9.17, 15) is 0 Å². The van der Waals surface area contributed by atoms with Gasteiger partial charge in [0.25, 0.3) is 0 Å². The van der Waals surface area contributed by atoms with Gasteiger partial charge in [-0.05, 0) is 77.5 Å². The van der Waals surface area contributed by atoms with Crippen molar-refractivity contribution < 1.29 is 0 Å². The minimum atomic E-state index is 0.849. The molecular weight excluding hydrogens is 346 g/mol. The van der Waals surface area contributed by atoms with E-state index in [1.54, 1.807) is 0 Å². The van der Waals surface area contributed by atoms with E-state index < -0.39 is 0 Å². The second-order valence-corrected chi connectivity index (χ2v) is 7.12. The van der Waals surface area contributed by atoms with Crippen molar-refractivity contribution in [3.63, 3.8) is 0 Å². The molecule has 0 aliphatic heterocycles. The minimum Gasteiger partial charge on any atom is -0.195 e. The average Bonchev–Trinajstić information content (AvgIpc) is 2.69. The molecule has 3 rings (SSSR count).